The van der Waals surface area contributed by atoms with Crippen LogP contribution in [0.4, 0.5) is 5.69 Å². The van der Waals surface area contributed by atoms with Gasteiger partial charge in [-0.05, 0) is 49.2 Å². The summed E-state index contributed by atoms with van der Waals surface area (Å²) in [6.07, 6.45) is 3.41. The molecule has 0 bridgehead atoms. The Kier molecular flexibility index (Phi) is 5.48. The summed E-state index contributed by atoms with van der Waals surface area (Å²) in [6, 6.07) is 10.4. The third kappa shape index (κ3) is 3.90. The van der Waals surface area contributed by atoms with Gasteiger partial charge in [-0.2, -0.15) is 4.31 Å². The summed E-state index contributed by atoms with van der Waals surface area (Å²) < 4.78 is 33.4. The summed E-state index contributed by atoms with van der Waals surface area (Å²) in [6.45, 7) is 2.21. The molecule has 1 saturated heterocycles. The Bertz CT molecular complexity index is 1160. The number of hydrogen-bond acceptors (Lipinski definition) is 5. The van der Waals surface area contributed by atoms with Crippen LogP contribution >= 0.6 is 0 Å². The second kappa shape index (κ2) is 8.08. The molecule has 0 saturated carbocycles. The van der Waals surface area contributed by atoms with Crippen LogP contribution in [-0.2, 0) is 14.8 Å². The average Bonchev–Trinajstić information content (AvgIpc) is 3.18. The van der Waals surface area contributed by atoms with Gasteiger partial charge in [0.25, 0.3) is 0 Å². The number of carbonyl (C=O) groups is 1. The van der Waals surface area contributed by atoms with Crippen molar-refractivity contribution in [2.75, 3.05) is 25.5 Å². The van der Waals surface area contributed by atoms with Crippen LogP contribution in [0.25, 0.3) is 11.0 Å². The largest absolute Gasteiger partial charge is 0.495 e. The van der Waals surface area contributed by atoms with E-state index in [-0.39, 0.29) is 16.7 Å². The van der Waals surface area contributed by atoms with Gasteiger partial charge in [-0.25, -0.2) is 8.42 Å². The van der Waals surface area contributed by atoms with E-state index in [1.54, 1.807) is 12.3 Å². The Morgan fingerprint density at radius 2 is 2.13 bits per heavy atom. The first-order valence-electron chi connectivity index (χ1n) is 9.78. The zero-order valence-electron chi connectivity index (χ0n) is 16.9. The van der Waals surface area contributed by atoms with Crippen molar-refractivity contribution in [3.63, 3.8) is 0 Å². The molecule has 1 unspecified atom stereocenters. The van der Waals surface area contributed by atoms with Crippen molar-refractivity contribution in [3.8, 4) is 5.75 Å². The van der Waals surface area contributed by atoms with Crippen LogP contribution in [0.5, 0.6) is 5.75 Å². The van der Waals surface area contributed by atoms with E-state index in [4.69, 9.17) is 4.74 Å². The zero-order valence-corrected chi connectivity index (χ0v) is 17.7. The second-order valence-corrected chi connectivity index (χ2v) is 9.34. The van der Waals surface area contributed by atoms with Gasteiger partial charge in [0, 0.05) is 37.8 Å². The minimum atomic E-state index is -3.72. The van der Waals surface area contributed by atoms with Crippen LogP contribution < -0.4 is 10.1 Å². The van der Waals surface area contributed by atoms with Crippen molar-refractivity contribution >= 4 is 32.7 Å². The lowest BCUT2D eigenvalue weighted by molar-refractivity contribution is -0.114. The van der Waals surface area contributed by atoms with Crippen molar-refractivity contribution in [1.82, 2.24) is 14.3 Å². The third-order valence-corrected chi connectivity index (χ3v) is 7.21. The molecule has 1 aromatic carbocycles. The Balaban J connectivity index is 1.61. The number of amides is 1. The fourth-order valence-corrected chi connectivity index (χ4v) is 5.45. The minimum Gasteiger partial charge on any atom is -0.495 e. The summed E-state index contributed by atoms with van der Waals surface area (Å²) in [4.78, 5) is 19.3. The number of aromatic amines is 1. The molecule has 4 rings (SSSR count). The molecule has 0 radical (unpaired) electrons. The van der Waals surface area contributed by atoms with Crippen LogP contribution in [0.1, 0.15) is 31.4 Å². The molecule has 30 heavy (non-hydrogen) atoms. The van der Waals surface area contributed by atoms with Gasteiger partial charge in [0.05, 0.1) is 28.7 Å². The number of nitrogens with one attached hydrogen (secondary N) is 2. The summed E-state index contributed by atoms with van der Waals surface area (Å²) in [5, 5.41) is 2.63. The van der Waals surface area contributed by atoms with Gasteiger partial charge in [0.15, 0.2) is 0 Å². The highest BCUT2D eigenvalue weighted by molar-refractivity contribution is 7.89. The predicted octanol–water partition coefficient (Wildman–Crippen LogP) is 3.10. The van der Waals surface area contributed by atoms with Gasteiger partial charge in [-0.1, -0.05) is 0 Å². The number of aromatic nitrogens is 2. The molecule has 1 atom stereocenters. The standard InChI is InChI=1S/C21H24N4O4S/c1-14(26)23-20-11-16(7-8-21(20)29-2)30(27,28)25-10-4-5-15(13-25)18-12-19-17(24-18)6-3-9-22-19/h3,6-9,11-12,15,24H,4-5,10,13H2,1-2H3,(H,23,26). The Labute approximate surface area is 175 Å². The van der Waals surface area contributed by atoms with E-state index in [0.717, 1.165) is 29.6 Å². The molecule has 3 heterocycles. The molecule has 1 aliphatic rings. The monoisotopic (exact) mass is 428 g/mol. The van der Waals surface area contributed by atoms with Crippen LogP contribution in [0.3, 0.4) is 0 Å². The molecule has 1 fully saturated rings. The average molecular weight is 429 g/mol. The normalized spacial score (nSPS) is 17.7. The number of anilines is 1. The first-order valence-corrected chi connectivity index (χ1v) is 11.2. The van der Waals surface area contributed by atoms with Crippen LogP contribution in [0.15, 0.2) is 47.5 Å². The lowest BCUT2D eigenvalue weighted by Gasteiger charge is -2.31. The number of carbonyl (C=O) groups excluding carboxylic acids is 1. The summed E-state index contributed by atoms with van der Waals surface area (Å²) in [5.41, 5.74) is 3.16. The number of pyridine rings is 1. The molecular formula is C21H24N4O4S. The van der Waals surface area contributed by atoms with E-state index < -0.39 is 10.0 Å². The molecule has 1 amide bonds. The van der Waals surface area contributed by atoms with E-state index in [9.17, 15) is 13.2 Å². The molecule has 2 aromatic heterocycles. The number of hydrogen-bond donors (Lipinski definition) is 2. The second-order valence-electron chi connectivity index (χ2n) is 7.41. The first-order chi connectivity index (χ1) is 14.4. The molecule has 2 N–H and O–H groups in total. The Morgan fingerprint density at radius 1 is 1.30 bits per heavy atom. The van der Waals surface area contributed by atoms with Gasteiger partial charge in [-0.15, -0.1) is 0 Å². The number of ether oxygens (including phenoxy) is 1. The molecule has 0 spiro atoms. The van der Waals surface area contributed by atoms with E-state index in [0.29, 0.717) is 24.5 Å². The molecular weight excluding hydrogens is 404 g/mol. The maximum atomic E-state index is 13.3. The van der Waals surface area contributed by atoms with Crippen molar-refractivity contribution in [3.05, 3.63) is 48.3 Å². The third-order valence-electron chi connectivity index (χ3n) is 5.35. The lowest BCUT2D eigenvalue weighted by atomic mass is 9.96. The highest BCUT2D eigenvalue weighted by Gasteiger charge is 2.32. The van der Waals surface area contributed by atoms with E-state index >= 15 is 0 Å². The minimum absolute atomic E-state index is 0.0655. The number of rotatable bonds is 5. The van der Waals surface area contributed by atoms with Gasteiger partial charge in [0.2, 0.25) is 15.9 Å². The fraction of sp³-hybridized carbons (Fsp3) is 0.333. The summed E-state index contributed by atoms with van der Waals surface area (Å²) >= 11 is 0. The molecule has 8 nitrogen and oxygen atoms in total. The topological polar surface area (TPSA) is 104 Å². The fourth-order valence-electron chi connectivity index (χ4n) is 3.90. The Morgan fingerprint density at radius 3 is 2.87 bits per heavy atom. The number of nitrogens with zero attached hydrogens (tertiary/aromatic N) is 2. The molecule has 9 heteroatoms. The maximum absolute atomic E-state index is 13.3. The van der Waals surface area contributed by atoms with Crippen molar-refractivity contribution < 1.29 is 17.9 Å². The summed E-state index contributed by atoms with van der Waals surface area (Å²) in [7, 11) is -2.25. The van der Waals surface area contributed by atoms with Crippen molar-refractivity contribution in [1.29, 1.82) is 0 Å². The van der Waals surface area contributed by atoms with E-state index in [1.807, 2.05) is 18.2 Å². The Hall–Kier alpha value is -2.91. The van der Waals surface area contributed by atoms with Crippen molar-refractivity contribution in [2.24, 2.45) is 0 Å². The number of benzene rings is 1. The molecule has 0 aliphatic carbocycles. The van der Waals surface area contributed by atoms with Crippen LogP contribution in [0, 0.1) is 0 Å². The lowest BCUT2D eigenvalue weighted by Crippen LogP contribution is -2.39. The van der Waals surface area contributed by atoms with Gasteiger partial charge in [-0.3, -0.25) is 9.78 Å². The number of fused-ring (bicyclic) bond motifs is 1. The van der Waals surface area contributed by atoms with Crippen LogP contribution in [-0.4, -0.2) is 48.8 Å². The predicted molar refractivity (Wildman–Crippen MR) is 114 cm³/mol. The van der Waals surface area contributed by atoms with Crippen molar-refractivity contribution in [2.45, 2.75) is 30.6 Å². The molecule has 158 valence electrons. The first kappa shape index (κ1) is 20.4. The highest BCUT2D eigenvalue weighted by Crippen LogP contribution is 2.33. The smallest absolute Gasteiger partial charge is 0.243 e. The molecule has 1 aliphatic heterocycles. The SMILES string of the molecule is COc1ccc(S(=O)(=O)N2CCCC(c3cc4ncccc4[nH]3)C2)cc1NC(C)=O. The van der Waals surface area contributed by atoms with Gasteiger partial charge in [0.1, 0.15) is 5.75 Å². The zero-order chi connectivity index (χ0) is 21.3. The number of H-pyrrole nitrogens is 1. The van der Waals surface area contributed by atoms with E-state index in [1.165, 1.54) is 30.5 Å². The van der Waals surface area contributed by atoms with Gasteiger partial charge >= 0.3 is 0 Å². The number of methoxy groups -OCH3 is 1. The maximum Gasteiger partial charge on any atom is 0.243 e. The molecule has 3 aromatic rings. The van der Waals surface area contributed by atoms with E-state index in [2.05, 4.69) is 15.3 Å². The van der Waals surface area contributed by atoms with Crippen LogP contribution in [0.2, 0.25) is 0 Å². The number of sulfonamides is 1. The summed E-state index contributed by atoms with van der Waals surface area (Å²) in [5.74, 6) is 0.176. The quantitative estimate of drug-likeness (QED) is 0.650. The van der Waals surface area contributed by atoms with Gasteiger partial charge < -0.3 is 15.0 Å². The number of piperidine rings is 1. The highest BCUT2D eigenvalue weighted by atomic mass is 32.2.